The zero-order valence-corrected chi connectivity index (χ0v) is 7.81. The fourth-order valence-corrected chi connectivity index (χ4v) is 2.09. The van der Waals surface area contributed by atoms with Crippen LogP contribution in [0.15, 0.2) is 0 Å². The van der Waals surface area contributed by atoms with Crippen LogP contribution >= 0.6 is 0 Å². The molecule has 1 aliphatic rings. The topological polar surface area (TPSA) is 0 Å². The standard InChI is InChI=1S/C10H19F/c1-7(2)9-5-4-8(3)6-10(9)11/h7-10H,4-6H2,1-3H3/i11-1. The molecule has 0 nitrogen and oxygen atoms in total. The van der Waals surface area contributed by atoms with Crippen LogP contribution in [0.3, 0.4) is 0 Å². The molecule has 3 unspecified atom stereocenters. The minimum atomic E-state index is -0.529. The average Bonchev–Trinajstić information content (AvgIpc) is 1.85. The zero-order valence-electron chi connectivity index (χ0n) is 7.81. The summed E-state index contributed by atoms with van der Waals surface area (Å²) in [5, 5.41) is 0. The molecule has 0 radical (unpaired) electrons. The second kappa shape index (κ2) is 3.55. The Balaban J connectivity index is 2.44. The van der Waals surface area contributed by atoms with Crippen molar-refractivity contribution >= 4 is 0 Å². The third-order valence-electron chi connectivity index (χ3n) is 2.94. The van der Waals surface area contributed by atoms with Gasteiger partial charge >= 0.3 is 0 Å². The Hall–Kier alpha value is -0.0700. The van der Waals surface area contributed by atoms with Crippen molar-refractivity contribution in [1.29, 1.82) is 0 Å². The van der Waals surface area contributed by atoms with Gasteiger partial charge < -0.3 is 0 Å². The van der Waals surface area contributed by atoms with Gasteiger partial charge in [0.25, 0.3) is 0 Å². The summed E-state index contributed by atoms with van der Waals surface area (Å²) in [5.41, 5.74) is 0. The number of alkyl halides is 1. The van der Waals surface area contributed by atoms with Crippen LogP contribution in [0.5, 0.6) is 0 Å². The van der Waals surface area contributed by atoms with Crippen LogP contribution in [0.1, 0.15) is 40.0 Å². The Morgan fingerprint density at radius 3 is 2.36 bits per heavy atom. The lowest BCUT2D eigenvalue weighted by molar-refractivity contribution is 0.1000. The van der Waals surface area contributed by atoms with Gasteiger partial charge in [0, 0.05) is 0 Å². The van der Waals surface area contributed by atoms with Crippen molar-refractivity contribution < 1.29 is 4.39 Å². The Kier molecular flexibility index (Phi) is 2.91. The van der Waals surface area contributed by atoms with Gasteiger partial charge in [-0.25, -0.2) is 4.39 Å². The predicted octanol–water partition coefficient (Wildman–Crippen LogP) is 3.42. The van der Waals surface area contributed by atoms with Crippen LogP contribution in [-0.2, 0) is 0 Å². The van der Waals surface area contributed by atoms with E-state index in [4.69, 9.17) is 0 Å². The van der Waals surface area contributed by atoms with Crippen LogP contribution in [0, 0.1) is 17.8 Å². The van der Waals surface area contributed by atoms with Crippen LogP contribution in [0.2, 0.25) is 0 Å². The molecule has 0 bridgehead atoms. The molecule has 0 aliphatic heterocycles. The number of halogens is 1. The number of rotatable bonds is 1. The Morgan fingerprint density at radius 1 is 1.27 bits per heavy atom. The number of hydrogen-bond donors (Lipinski definition) is 0. The third-order valence-corrected chi connectivity index (χ3v) is 2.94. The molecule has 1 fully saturated rings. The molecule has 1 saturated carbocycles. The molecule has 0 saturated heterocycles. The van der Waals surface area contributed by atoms with Gasteiger partial charge in [-0.1, -0.05) is 27.2 Å². The van der Waals surface area contributed by atoms with Crippen molar-refractivity contribution in [2.45, 2.75) is 46.2 Å². The number of hydrogen-bond acceptors (Lipinski definition) is 0. The van der Waals surface area contributed by atoms with E-state index >= 15 is 0 Å². The van der Waals surface area contributed by atoms with Crippen molar-refractivity contribution in [3.8, 4) is 0 Å². The average molecular weight is 157 g/mol. The molecule has 1 rings (SSSR count). The highest BCUT2D eigenvalue weighted by atomic mass is 18.2. The van der Waals surface area contributed by atoms with Gasteiger partial charge in [0.05, 0.1) is 0 Å². The van der Waals surface area contributed by atoms with E-state index in [0.717, 1.165) is 12.8 Å². The maximum Gasteiger partial charge on any atom is 0.103 e. The van der Waals surface area contributed by atoms with E-state index in [2.05, 4.69) is 20.8 Å². The van der Waals surface area contributed by atoms with Crippen molar-refractivity contribution in [1.82, 2.24) is 0 Å². The van der Waals surface area contributed by atoms with Gasteiger partial charge in [0.15, 0.2) is 0 Å². The highest BCUT2D eigenvalue weighted by Crippen LogP contribution is 2.35. The predicted molar refractivity (Wildman–Crippen MR) is 46.2 cm³/mol. The first kappa shape index (κ1) is 9.02. The van der Waals surface area contributed by atoms with Crippen molar-refractivity contribution in [3.05, 3.63) is 0 Å². The molecule has 0 aromatic rings. The Labute approximate surface area is 69.2 Å². The second-order valence-electron chi connectivity index (χ2n) is 4.34. The molecule has 0 heterocycles. The van der Waals surface area contributed by atoms with Crippen LogP contribution < -0.4 is 0 Å². The first-order chi connectivity index (χ1) is 5.11. The molecule has 0 N–H and O–H groups in total. The molecule has 11 heavy (non-hydrogen) atoms. The van der Waals surface area contributed by atoms with E-state index < -0.39 is 6.17 Å². The maximum atomic E-state index is 13.3. The third kappa shape index (κ3) is 2.18. The molecule has 3 atom stereocenters. The lowest BCUT2D eigenvalue weighted by atomic mass is 9.76. The van der Waals surface area contributed by atoms with Crippen LogP contribution in [0.25, 0.3) is 0 Å². The summed E-state index contributed by atoms with van der Waals surface area (Å²) in [7, 11) is 0. The SMILES string of the molecule is CC1CCC(C(C)C)C([18F])C1. The maximum absolute atomic E-state index is 13.3. The van der Waals surface area contributed by atoms with E-state index in [9.17, 15) is 4.39 Å². The van der Waals surface area contributed by atoms with Gasteiger partial charge in [-0.15, -0.1) is 0 Å². The van der Waals surface area contributed by atoms with Crippen molar-refractivity contribution in [2.24, 2.45) is 17.8 Å². The highest BCUT2D eigenvalue weighted by Gasteiger charge is 2.30. The first-order valence-corrected chi connectivity index (χ1v) is 4.75. The summed E-state index contributed by atoms with van der Waals surface area (Å²) in [6, 6.07) is 0. The van der Waals surface area contributed by atoms with Crippen molar-refractivity contribution in [3.63, 3.8) is 0 Å². The second-order valence-corrected chi connectivity index (χ2v) is 4.34. The quantitative estimate of drug-likeness (QED) is 0.547. The molecular formula is C10H19F. The Morgan fingerprint density at radius 2 is 1.91 bits per heavy atom. The molecule has 0 aromatic heterocycles. The van der Waals surface area contributed by atoms with Crippen molar-refractivity contribution in [2.75, 3.05) is 0 Å². The van der Waals surface area contributed by atoms with Gasteiger partial charge in [-0.3, -0.25) is 0 Å². The lowest BCUT2D eigenvalue weighted by Crippen LogP contribution is -2.28. The summed E-state index contributed by atoms with van der Waals surface area (Å²) in [4.78, 5) is 0. The Bertz CT molecular complexity index is 120. The molecule has 66 valence electrons. The molecule has 0 amide bonds. The molecule has 1 aliphatic carbocycles. The lowest BCUT2D eigenvalue weighted by Gasteiger charge is -2.32. The normalized spacial score (nSPS) is 39.5. The van der Waals surface area contributed by atoms with E-state index in [1.54, 1.807) is 0 Å². The minimum Gasteiger partial charge on any atom is -0.247 e. The summed E-state index contributed by atoms with van der Waals surface area (Å²) in [6.45, 7) is 6.42. The molecule has 1 heteroatoms. The van der Waals surface area contributed by atoms with E-state index in [0.29, 0.717) is 17.8 Å². The summed E-state index contributed by atoms with van der Waals surface area (Å²) in [6.07, 6.45) is 2.59. The van der Waals surface area contributed by atoms with Crippen LogP contribution in [0.4, 0.5) is 4.39 Å². The zero-order chi connectivity index (χ0) is 8.43. The molecule has 0 aromatic carbocycles. The smallest absolute Gasteiger partial charge is 0.103 e. The van der Waals surface area contributed by atoms with Gasteiger partial charge in [-0.2, -0.15) is 0 Å². The minimum absolute atomic E-state index is 0.339. The fraction of sp³-hybridized carbons (Fsp3) is 1.00. The van der Waals surface area contributed by atoms with Crippen LogP contribution in [-0.4, -0.2) is 6.17 Å². The monoisotopic (exact) mass is 157 g/mol. The summed E-state index contributed by atoms with van der Waals surface area (Å²) in [5.74, 6) is 1.48. The summed E-state index contributed by atoms with van der Waals surface area (Å²) >= 11 is 0. The van der Waals surface area contributed by atoms with E-state index in [-0.39, 0.29) is 0 Å². The van der Waals surface area contributed by atoms with Gasteiger partial charge in [0.2, 0.25) is 0 Å². The van der Waals surface area contributed by atoms with E-state index in [1.165, 1.54) is 6.42 Å². The molecule has 0 spiro atoms. The highest BCUT2D eigenvalue weighted by molar-refractivity contribution is 4.79. The van der Waals surface area contributed by atoms with E-state index in [1.807, 2.05) is 0 Å². The fourth-order valence-electron chi connectivity index (χ4n) is 2.09. The first-order valence-electron chi connectivity index (χ1n) is 4.75. The largest absolute Gasteiger partial charge is 0.247 e. The van der Waals surface area contributed by atoms with Gasteiger partial charge in [0.1, 0.15) is 6.17 Å². The summed E-state index contributed by atoms with van der Waals surface area (Å²) < 4.78 is 13.3. The molecular weight excluding hydrogens is 138 g/mol. The van der Waals surface area contributed by atoms with Gasteiger partial charge in [-0.05, 0) is 30.6 Å².